The molecular formula is C10H8ClFN2O2. The first-order chi connectivity index (χ1) is 7.59. The van der Waals surface area contributed by atoms with Gasteiger partial charge in [0.15, 0.2) is 5.82 Å². The minimum atomic E-state index is -0.672. The van der Waals surface area contributed by atoms with E-state index in [-0.39, 0.29) is 16.4 Å². The third kappa shape index (κ3) is 1.86. The summed E-state index contributed by atoms with van der Waals surface area (Å²) in [6.45, 7) is 1.68. The molecule has 1 atom stereocenters. The van der Waals surface area contributed by atoms with Gasteiger partial charge in [-0.1, -0.05) is 29.7 Å². The summed E-state index contributed by atoms with van der Waals surface area (Å²) in [5.41, 5.74) is 0.286. The lowest BCUT2D eigenvalue weighted by Crippen LogP contribution is -2.05. The summed E-state index contributed by atoms with van der Waals surface area (Å²) in [5.74, 6) is -1.34. The van der Waals surface area contributed by atoms with Crippen LogP contribution in [0, 0.1) is 5.82 Å². The van der Waals surface area contributed by atoms with Gasteiger partial charge in [0.25, 0.3) is 0 Å². The highest BCUT2D eigenvalue weighted by molar-refractivity contribution is 6.31. The Morgan fingerprint density at radius 3 is 2.88 bits per heavy atom. The van der Waals surface area contributed by atoms with Crippen molar-refractivity contribution in [3.05, 3.63) is 51.0 Å². The summed E-state index contributed by atoms with van der Waals surface area (Å²) in [6.07, 6.45) is 0. The van der Waals surface area contributed by atoms with E-state index in [1.54, 1.807) is 13.0 Å². The third-order valence-corrected chi connectivity index (χ3v) is 2.63. The fourth-order valence-corrected chi connectivity index (χ4v) is 1.82. The zero-order chi connectivity index (χ0) is 11.7. The number of nitrogens with one attached hydrogen (secondary N) is 1. The predicted molar refractivity (Wildman–Crippen MR) is 56.1 cm³/mol. The molecule has 2 aromatic rings. The van der Waals surface area contributed by atoms with E-state index >= 15 is 0 Å². The lowest BCUT2D eigenvalue weighted by molar-refractivity contribution is 0.379. The number of aromatic nitrogens is 2. The van der Waals surface area contributed by atoms with Gasteiger partial charge in [-0.3, -0.25) is 9.51 Å². The van der Waals surface area contributed by atoms with Crippen molar-refractivity contribution in [3.8, 4) is 0 Å². The van der Waals surface area contributed by atoms with E-state index in [9.17, 15) is 9.18 Å². The number of halogens is 2. The molecule has 2 rings (SSSR count). The summed E-state index contributed by atoms with van der Waals surface area (Å²) in [4.78, 5) is 13.2. The van der Waals surface area contributed by atoms with Crippen molar-refractivity contribution in [2.24, 2.45) is 0 Å². The normalized spacial score (nSPS) is 12.7. The van der Waals surface area contributed by atoms with E-state index in [1.807, 2.05) is 0 Å². The quantitative estimate of drug-likeness (QED) is 0.879. The van der Waals surface area contributed by atoms with E-state index in [4.69, 9.17) is 11.6 Å². The number of aromatic amines is 1. The minimum absolute atomic E-state index is 0.247. The van der Waals surface area contributed by atoms with Gasteiger partial charge in [-0.2, -0.15) is 0 Å². The Bertz CT molecular complexity index is 544. The maximum Gasteiger partial charge on any atom is 0.438 e. The molecule has 0 saturated carbocycles. The van der Waals surface area contributed by atoms with Crippen LogP contribution < -0.4 is 5.76 Å². The van der Waals surface area contributed by atoms with Crippen LogP contribution in [0.25, 0.3) is 0 Å². The van der Waals surface area contributed by atoms with Gasteiger partial charge in [0.05, 0.1) is 0 Å². The Morgan fingerprint density at radius 1 is 1.56 bits per heavy atom. The molecule has 0 aliphatic carbocycles. The monoisotopic (exact) mass is 242 g/mol. The maximum atomic E-state index is 13.6. The first-order valence-corrected chi connectivity index (χ1v) is 4.97. The number of rotatable bonds is 2. The van der Waals surface area contributed by atoms with E-state index in [2.05, 4.69) is 14.7 Å². The molecule has 0 saturated heterocycles. The Hall–Kier alpha value is -1.62. The van der Waals surface area contributed by atoms with Gasteiger partial charge in [0.2, 0.25) is 0 Å². The SMILES string of the molecule is CC(c1noc(=O)[nH]1)c1c(F)cccc1Cl. The summed E-state index contributed by atoms with van der Waals surface area (Å²) in [7, 11) is 0. The zero-order valence-electron chi connectivity index (χ0n) is 8.33. The van der Waals surface area contributed by atoms with Crippen LogP contribution in [-0.2, 0) is 0 Å². The molecule has 0 aliphatic rings. The van der Waals surface area contributed by atoms with Crippen LogP contribution in [0.2, 0.25) is 5.02 Å². The summed E-state index contributed by atoms with van der Waals surface area (Å²) < 4.78 is 17.9. The molecule has 1 N–H and O–H groups in total. The van der Waals surface area contributed by atoms with Gasteiger partial charge in [-0.05, 0) is 12.1 Å². The average Bonchev–Trinajstić information content (AvgIpc) is 2.64. The van der Waals surface area contributed by atoms with Crippen LogP contribution in [0.5, 0.6) is 0 Å². The average molecular weight is 243 g/mol. The van der Waals surface area contributed by atoms with E-state index in [0.717, 1.165) is 0 Å². The first kappa shape index (κ1) is 10.9. The largest absolute Gasteiger partial charge is 0.438 e. The fourth-order valence-electron chi connectivity index (χ4n) is 1.49. The van der Waals surface area contributed by atoms with Crippen LogP contribution in [0.15, 0.2) is 27.5 Å². The Morgan fingerprint density at radius 2 is 2.31 bits per heavy atom. The number of H-pyrrole nitrogens is 1. The van der Waals surface area contributed by atoms with Gasteiger partial charge in [-0.25, -0.2) is 9.18 Å². The smallest absolute Gasteiger partial charge is 0.296 e. The highest BCUT2D eigenvalue weighted by Gasteiger charge is 2.19. The summed E-state index contributed by atoms with van der Waals surface area (Å²) in [5, 5.41) is 3.79. The Labute approximate surface area is 95.0 Å². The molecule has 0 bridgehead atoms. The van der Waals surface area contributed by atoms with E-state index in [1.165, 1.54) is 12.1 Å². The lowest BCUT2D eigenvalue weighted by Gasteiger charge is -2.10. The number of hydrogen-bond donors (Lipinski definition) is 1. The molecule has 6 heteroatoms. The molecule has 16 heavy (non-hydrogen) atoms. The van der Waals surface area contributed by atoms with Crippen molar-refractivity contribution in [2.45, 2.75) is 12.8 Å². The first-order valence-electron chi connectivity index (χ1n) is 4.59. The number of benzene rings is 1. The topological polar surface area (TPSA) is 58.9 Å². The fraction of sp³-hybridized carbons (Fsp3) is 0.200. The van der Waals surface area contributed by atoms with Crippen LogP contribution in [-0.4, -0.2) is 10.1 Å². The standard InChI is InChI=1S/C10H8ClFN2O2/c1-5(9-13-10(15)16-14-9)8-6(11)3-2-4-7(8)12/h2-5H,1H3,(H,13,14,15). The van der Waals surface area contributed by atoms with Crippen LogP contribution >= 0.6 is 11.6 Å². The second-order valence-corrected chi connectivity index (χ2v) is 3.74. The minimum Gasteiger partial charge on any atom is -0.296 e. The predicted octanol–water partition coefficient (Wildman–Crippen LogP) is 2.31. The number of nitrogens with zero attached hydrogens (tertiary/aromatic N) is 1. The molecule has 1 unspecified atom stereocenters. The Kier molecular flexibility index (Phi) is 2.78. The lowest BCUT2D eigenvalue weighted by atomic mass is 10.00. The molecule has 0 amide bonds. The van der Waals surface area contributed by atoms with Crippen LogP contribution in [0.3, 0.4) is 0 Å². The van der Waals surface area contributed by atoms with E-state index in [0.29, 0.717) is 0 Å². The van der Waals surface area contributed by atoms with Crippen molar-refractivity contribution in [1.82, 2.24) is 10.1 Å². The van der Waals surface area contributed by atoms with Gasteiger partial charge in [0, 0.05) is 16.5 Å². The summed E-state index contributed by atoms with van der Waals surface area (Å²) in [6, 6.07) is 4.39. The molecular weight excluding hydrogens is 235 g/mol. The van der Waals surface area contributed by atoms with Crippen molar-refractivity contribution >= 4 is 11.6 Å². The molecule has 0 spiro atoms. The van der Waals surface area contributed by atoms with Crippen LogP contribution in [0.4, 0.5) is 4.39 Å². The van der Waals surface area contributed by atoms with Gasteiger partial charge in [-0.15, -0.1) is 0 Å². The van der Waals surface area contributed by atoms with Crippen molar-refractivity contribution < 1.29 is 8.91 Å². The highest BCUT2D eigenvalue weighted by atomic mass is 35.5. The van der Waals surface area contributed by atoms with Gasteiger partial charge in [0.1, 0.15) is 5.82 Å². The molecule has 1 aromatic carbocycles. The molecule has 84 valence electrons. The molecule has 1 heterocycles. The van der Waals surface area contributed by atoms with Gasteiger partial charge >= 0.3 is 5.76 Å². The van der Waals surface area contributed by atoms with Crippen molar-refractivity contribution in [3.63, 3.8) is 0 Å². The Balaban J connectivity index is 2.48. The third-order valence-electron chi connectivity index (χ3n) is 2.30. The van der Waals surface area contributed by atoms with Crippen LogP contribution in [0.1, 0.15) is 24.2 Å². The van der Waals surface area contributed by atoms with Crippen molar-refractivity contribution in [2.75, 3.05) is 0 Å². The summed E-state index contributed by atoms with van der Waals surface area (Å²) >= 11 is 5.89. The van der Waals surface area contributed by atoms with Crippen molar-refractivity contribution in [1.29, 1.82) is 0 Å². The molecule has 0 radical (unpaired) electrons. The molecule has 0 aliphatic heterocycles. The number of hydrogen-bond acceptors (Lipinski definition) is 3. The van der Waals surface area contributed by atoms with E-state index < -0.39 is 17.5 Å². The van der Waals surface area contributed by atoms with Gasteiger partial charge < -0.3 is 0 Å². The highest BCUT2D eigenvalue weighted by Crippen LogP contribution is 2.29. The second kappa shape index (κ2) is 4.09. The molecule has 1 aromatic heterocycles. The second-order valence-electron chi connectivity index (χ2n) is 3.34. The zero-order valence-corrected chi connectivity index (χ0v) is 9.08. The molecule has 4 nitrogen and oxygen atoms in total. The molecule has 0 fully saturated rings. The maximum absolute atomic E-state index is 13.6.